The molecule has 8 nitrogen and oxygen atoms in total. The number of piperazine rings is 1. The van der Waals surface area contributed by atoms with Crippen LogP contribution in [0, 0.1) is 12.8 Å². The average molecular weight is 453 g/mol. The summed E-state index contributed by atoms with van der Waals surface area (Å²) in [4.78, 5) is 32.1. The molecule has 8 heteroatoms. The number of ether oxygens (including phenoxy) is 1. The number of likely N-dealkylation sites (tertiary alicyclic amines) is 1. The molecule has 3 atom stereocenters. The van der Waals surface area contributed by atoms with Crippen LogP contribution in [0.1, 0.15) is 12.0 Å². The first-order chi connectivity index (χ1) is 16.0. The van der Waals surface area contributed by atoms with E-state index >= 15 is 0 Å². The van der Waals surface area contributed by atoms with E-state index in [0.29, 0.717) is 26.1 Å². The van der Waals surface area contributed by atoms with Gasteiger partial charge in [0.2, 0.25) is 11.8 Å². The minimum Gasteiger partial charge on any atom is -0.489 e. The van der Waals surface area contributed by atoms with E-state index in [9.17, 15) is 14.8 Å². The minimum absolute atomic E-state index is 0.0761. The Morgan fingerprint density at radius 1 is 1.03 bits per heavy atom. The van der Waals surface area contributed by atoms with Gasteiger partial charge in [-0.25, -0.2) is 5.48 Å². The topological polar surface area (TPSA) is 85.3 Å². The summed E-state index contributed by atoms with van der Waals surface area (Å²) in [5.41, 5.74) is 4.00. The summed E-state index contributed by atoms with van der Waals surface area (Å²) in [6, 6.07) is 17.3. The van der Waals surface area contributed by atoms with Crippen LogP contribution in [0.4, 0.5) is 5.69 Å². The Kier molecular flexibility index (Phi) is 7.15. The van der Waals surface area contributed by atoms with Gasteiger partial charge in [0.05, 0.1) is 5.92 Å². The number of likely N-dealkylation sites (N-methyl/N-ethyl adjacent to an activating group) is 1. The number of carbonyl (C=O) groups excluding carboxylic acids is 2. The number of hydrogen-bond acceptors (Lipinski definition) is 6. The fraction of sp³-hybridized carbons (Fsp3) is 0.440. The van der Waals surface area contributed by atoms with Crippen LogP contribution in [-0.4, -0.2) is 78.7 Å². The zero-order valence-electron chi connectivity index (χ0n) is 19.2. The number of nitrogens with one attached hydrogen (secondary N) is 1. The lowest BCUT2D eigenvalue weighted by Crippen LogP contribution is -2.62. The van der Waals surface area contributed by atoms with E-state index in [1.54, 1.807) is 5.48 Å². The molecule has 2 aliphatic heterocycles. The number of aryl methyl sites for hydroxylation is 1. The van der Waals surface area contributed by atoms with E-state index < -0.39 is 17.9 Å². The predicted octanol–water partition coefficient (Wildman–Crippen LogP) is 1.92. The van der Waals surface area contributed by atoms with Crippen LogP contribution >= 0.6 is 0 Å². The van der Waals surface area contributed by atoms with Gasteiger partial charge < -0.3 is 14.5 Å². The number of benzene rings is 2. The van der Waals surface area contributed by atoms with Crippen LogP contribution in [0.5, 0.6) is 5.75 Å². The Bertz CT molecular complexity index is 962. The van der Waals surface area contributed by atoms with E-state index in [0.717, 1.165) is 30.1 Å². The third-order valence-corrected chi connectivity index (χ3v) is 6.57. The molecule has 0 radical (unpaired) electrons. The molecule has 0 saturated carbocycles. The summed E-state index contributed by atoms with van der Waals surface area (Å²) >= 11 is 0. The Labute approximate surface area is 194 Å². The van der Waals surface area contributed by atoms with Crippen molar-refractivity contribution in [1.82, 2.24) is 15.3 Å². The van der Waals surface area contributed by atoms with E-state index in [-0.39, 0.29) is 12.0 Å². The number of nitrogens with zero attached hydrogens (tertiary/aromatic N) is 3. The lowest BCUT2D eigenvalue weighted by Gasteiger charge is -2.44. The lowest BCUT2D eigenvalue weighted by molar-refractivity contribution is -0.151. The minimum atomic E-state index is -0.705. The SMILES string of the molecule is Cc1cccc(OC2CC(C(=O)NO)[C@@H](C(=O)N3CCN(c4ccccc4)CC3)N(C)C2)c1. The first-order valence-electron chi connectivity index (χ1n) is 11.4. The van der Waals surface area contributed by atoms with Crippen molar-refractivity contribution in [3.8, 4) is 5.75 Å². The van der Waals surface area contributed by atoms with Crippen LogP contribution in [-0.2, 0) is 9.59 Å². The van der Waals surface area contributed by atoms with Crippen molar-refractivity contribution in [2.24, 2.45) is 5.92 Å². The fourth-order valence-electron chi connectivity index (χ4n) is 4.90. The maximum Gasteiger partial charge on any atom is 0.248 e. The highest BCUT2D eigenvalue weighted by atomic mass is 16.5. The molecule has 2 fully saturated rings. The van der Waals surface area contributed by atoms with Crippen molar-refractivity contribution in [3.63, 3.8) is 0 Å². The standard InChI is InChI=1S/C25H32N4O4/c1-18-7-6-10-20(15-18)33-21-16-22(24(30)26-32)23(27(2)17-21)25(31)29-13-11-28(12-14-29)19-8-4-3-5-9-19/h3-10,15,21-23,32H,11-14,16-17H2,1-2H3,(H,26,30)/t21?,22?,23-/m0/s1. The molecule has 33 heavy (non-hydrogen) atoms. The Hall–Kier alpha value is -3.10. The van der Waals surface area contributed by atoms with Gasteiger partial charge in [-0.05, 0) is 50.2 Å². The van der Waals surface area contributed by atoms with Gasteiger partial charge in [0.25, 0.3) is 0 Å². The highest BCUT2D eigenvalue weighted by Crippen LogP contribution is 2.29. The Balaban J connectivity index is 1.43. The van der Waals surface area contributed by atoms with Gasteiger partial charge in [-0.3, -0.25) is 19.7 Å². The van der Waals surface area contributed by atoms with Gasteiger partial charge in [0.15, 0.2) is 0 Å². The summed E-state index contributed by atoms with van der Waals surface area (Å²) in [5, 5.41) is 9.37. The van der Waals surface area contributed by atoms with Crippen LogP contribution < -0.4 is 15.1 Å². The summed E-state index contributed by atoms with van der Waals surface area (Å²) in [6.07, 6.45) is 0.0866. The number of anilines is 1. The number of piperidine rings is 1. The van der Waals surface area contributed by atoms with Crippen molar-refractivity contribution in [2.45, 2.75) is 25.5 Å². The highest BCUT2D eigenvalue weighted by molar-refractivity contribution is 5.90. The largest absolute Gasteiger partial charge is 0.489 e. The van der Waals surface area contributed by atoms with Crippen molar-refractivity contribution in [1.29, 1.82) is 0 Å². The number of para-hydroxylation sites is 1. The molecule has 2 amide bonds. The molecule has 2 aromatic rings. The molecule has 2 aliphatic rings. The quantitative estimate of drug-likeness (QED) is 0.533. The van der Waals surface area contributed by atoms with E-state index in [2.05, 4.69) is 17.0 Å². The molecular formula is C25H32N4O4. The highest BCUT2D eigenvalue weighted by Gasteiger charge is 2.45. The van der Waals surface area contributed by atoms with Gasteiger partial charge in [0, 0.05) is 38.4 Å². The monoisotopic (exact) mass is 452 g/mol. The Morgan fingerprint density at radius 2 is 1.76 bits per heavy atom. The molecule has 2 heterocycles. The van der Waals surface area contributed by atoms with Gasteiger partial charge in [0.1, 0.15) is 17.9 Å². The molecule has 0 spiro atoms. The van der Waals surface area contributed by atoms with Gasteiger partial charge in [-0.15, -0.1) is 0 Å². The number of hydrogen-bond donors (Lipinski definition) is 2. The van der Waals surface area contributed by atoms with Crippen molar-refractivity contribution < 1.29 is 19.5 Å². The lowest BCUT2D eigenvalue weighted by atomic mass is 9.86. The predicted molar refractivity (Wildman–Crippen MR) is 125 cm³/mol. The zero-order valence-corrected chi connectivity index (χ0v) is 19.2. The first-order valence-corrected chi connectivity index (χ1v) is 11.4. The molecule has 2 aromatic carbocycles. The van der Waals surface area contributed by atoms with Crippen LogP contribution in [0.2, 0.25) is 0 Å². The van der Waals surface area contributed by atoms with Gasteiger partial charge in [-0.2, -0.15) is 0 Å². The first kappa shape index (κ1) is 23.1. The second-order valence-corrected chi connectivity index (χ2v) is 8.91. The molecule has 0 aliphatic carbocycles. The molecule has 4 rings (SSSR count). The molecule has 2 unspecified atom stereocenters. The molecule has 176 valence electrons. The van der Waals surface area contributed by atoms with Crippen molar-refractivity contribution in [3.05, 3.63) is 60.2 Å². The fourth-order valence-corrected chi connectivity index (χ4v) is 4.90. The number of carbonyl (C=O) groups is 2. The van der Waals surface area contributed by atoms with Crippen molar-refractivity contribution in [2.75, 3.05) is 44.7 Å². The van der Waals surface area contributed by atoms with Crippen LogP contribution in [0.3, 0.4) is 0 Å². The van der Waals surface area contributed by atoms with E-state index in [1.165, 1.54) is 0 Å². The molecular weight excluding hydrogens is 420 g/mol. The van der Waals surface area contributed by atoms with Crippen LogP contribution in [0.15, 0.2) is 54.6 Å². The smallest absolute Gasteiger partial charge is 0.248 e. The second-order valence-electron chi connectivity index (χ2n) is 8.91. The van der Waals surface area contributed by atoms with Crippen molar-refractivity contribution >= 4 is 17.5 Å². The number of hydroxylamine groups is 1. The molecule has 0 aromatic heterocycles. The van der Waals surface area contributed by atoms with E-state index in [1.807, 2.05) is 66.2 Å². The summed E-state index contributed by atoms with van der Waals surface area (Å²) in [5.74, 6) is -0.602. The maximum absolute atomic E-state index is 13.5. The third-order valence-electron chi connectivity index (χ3n) is 6.57. The normalized spacial score (nSPS) is 23.8. The molecule has 2 saturated heterocycles. The summed E-state index contributed by atoms with van der Waals surface area (Å²) in [7, 11) is 1.84. The number of rotatable bonds is 5. The second kappa shape index (κ2) is 10.2. The van der Waals surface area contributed by atoms with Gasteiger partial charge in [-0.1, -0.05) is 30.3 Å². The summed E-state index contributed by atoms with van der Waals surface area (Å²) < 4.78 is 6.13. The Morgan fingerprint density at radius 3 is 2.42 bits per heavy atom. The average Bonchev–Trinajstić information content (AvgIpc) is 2.83. The third kappa shape index (κ3) is 5.29. The van der Waals surface area contributed by atoms with E-state index in [4.69, 9.17) is 4.74 Å². The zero-order chi connectivity index (χ0) is 23.4. The number of amides is 2. The molecule has 2 N–H and O–H groups in total. The van der Waals surface area contributed by atoms with Crippen LogP contribution in [0.25, 0.3) is 0 Å². The summed E-state index contributed by atoms with van der Waals surface area (Å²) in [6.45, 7) is 5.17. The molecule has 0 bridgehead atoms. The van der Waals surface area contributed by atoms with Gasteiger partial charge >= 0.3 is 0 Å². The maximum atomic E-state index is 13.5.